The molecule has 0 bridgehead atoms. The summed E-state index contributed by atoms with van der Waals surface area (Å²) in [7, 11) is 0. The third-order valence-electron chi connectivity index (χ3n) is 3.38. The number of para-hydroxylation sites is 1. The van der Waals surface area contributed by atoms with E-state index < -0.39 is 24.2 Å². The van der Waals surface area contributed by atoms with E-state index in [0.29, 0.717) is 5.69 Å². The first-order valence-corrected chi connectivity index (χ1v) is 6.68. The van der Waals surface area contributed by atoms with Gasteiger partial charge in [-0.3, -0.25) is 9.69 Å². The van der Waals surface area contributed by atoms with E-state index >= 15 is 0 Å². The first kappa shape index (κ1) is 15.3. The molecule has 0 aromatic heterocycles. The molecule has 1 fully saturated rings. The zero-order valence-corrected chi connectivity index (χ0v) is 11.4. The molecule has 1 aliphatic heterocycles. The van der Waals surface area contributed by atoms with Crippen LogP contribution in [0.4, 0.5) is 10.5 Å². The summed E-state index contributed by atoms with van der Waals surface area (Å²) < 4.78 is 0. The maximum Gasteiger partial charge on any atom is 0.324 e. The fraction of sp³-hybridized carbons (Fsp3) is 0.429. The zero-order valence-electron chi connectivity index (χ0n) is 11.4. The first-order valence-electron chi connectivity index (χ1n) is 6.68. The van der Waals surface area contributed by atoms with Crippen LogP contribution in [0.2, 0.25) is 0 Å². The molecule has 0 aliphatic carbocycles. The predicted octanol–water partition coefficient (Wildman–Crippen LogP) is 0.125. The number of aliphatic hydroxyl groups excluding tert-OH is 2. The number of hydrogen-bond acceptors (Lipinski definition) is 4. The minimum absolute atomic E-state index is 0.0286. The minimum Gasteiger partial charge on any atom is -0.481 e. The summed E-state index contributed by atoms with van der Waals surface area (Å²) in [6, 6.07) is 8.31. The molecule has 2 atom stereocenters. The monoisotopic (exact) mass is 294 g/mol. The summed E-state index contributed by atoms with van der Waals surface area (Å²) in [4.78, 5) is 25.9. The maximum atomic E-state index is 12.5. The SMILES string of the molecule is O=C(O)CCN(C(=O)N1CC(O)C(O)C1)c1ccccc1. The van der Waals surface area contributed by atoms with Crippen LogP contribution < -0.4 is 4.90 Å². The molecule has 21 heavy (non-hydrogen) atoms. The number of carboxylic acid groups (broad SMARTS) is 1. The molecule has 0 spiro atoms. The second-order valence-corrected chi connectivity index (χ2v) is 4.95. The van der Waals surface area contributed by atoms with E-state index in [4.69, 9.17) is 5.11 Å². The Kier molecular flexibility index (Phi) is 4.77. The topological polar surface area (TPSA) is 101 Å². The quantitative estimate of drug-likeness (QED) is 0.732. The van der Waals surface area contributed by atoms with Gasteiger partial charge >= 0.3 is 12.0 Å². The Labute approximate surface area is 122 Å². The van der Waals surface area contributed by atoms with Crippen LogP contribution in [0.5, 0.6) is 0 Å². The highest BCUT2D eigenvalue weighted by Gasteiger charge is 2.35. The highest BCUT2D eigenvalue weighted by atomic mass is 16.4. The molecular formula is C14H18N2O5. The average molecular weight is 294 g/mol. The van der Waals surface area contributed by atoms with E-state index in [9.17, 15) is 19.8 Å². The van der Waals surface area contributed by atoms with Gasteiger partial charge in [-0.05, 0) is 12.1 Å². The molecule has 0 radical (unpaired) electrons. The summed E-state index contributed by atoms with van der Waals surface area (Å²) in [5.41, 5.74) is 0.583. The van der Waals surface area contributed by atoms with Crippen molar-refractivity contribution in [3.63, 3.8) is 0 Å². The average Bonchev–Trinajstić information content (AvgIpc) is 2.79. The van der Waals surface area contributed by atoms with Crippen LogP contribution in [0.3, 0.4) is 0 Å². The Bertz CT molecular complexity index is 497. The van der Waals surface area contributed by atoms with E-state index in [1.807, 2.05) is 0 Å². The molecule has 1 aromatic rings. The van der Waals surface area contributed by atoms with Gasteiger partial charge in [-0.25, -0.2) is 4.79 Å². The number of benzene rings is 1. The highest BCUT2D eigenvalue weighted by Crippen LogP contribution is 2.19. The number of aliphatic carboxylic acids is 1. The van der Waals surface area contributed by atoms with Gasteiger partial charge < -0.3 is 20.2 Å². The third-order valence-corrected chi connectivity index (χ3v) is 3.38. The number of β-amino-alcohol motifs (C(OH)–C–C–N with tert-alkyl or cyclic N) is 2. The van der Waals surface area contributed by atoms with Gasteiger partial charge in [0.2, 0.25) is 0 Å². The van der Waals surface area contributed by atoms with E-state index in [1.165, 1.54) is 9.80 Å². The molecule has 2 unspecified atom stereocenters. The molecule has 0 saturated carbocycles. The number of hydrogen-bond donors (Lipinski definition) is 3. The fourth-order valence-electron chi connectivity index (χ4n) is 2.25. The number of carbonyl (C=O) groups is 2. The van der Waals surface area contributed by atoms with Gasteiger partial charge in [0.15, 0.2) is 0 Å². The minimum atomic E-state index is -0.995. The van der Waals surface area contributed by atoms with Crippen LogP contribution in [-0.4, -0.2) is 64.1 Å². The van der Waals surface area contributed by atoms with Crippen molar-refractivity contribution in [2.24, 2.45) is 0 Å². The number of rotatable bonds is 4. The third kappa shape index (κ3) is 3.71. The van der Waals surface area contributed by atoms with Gasteiger partial charge in [0.25, 0.3) is 0 Å². The maximum absolute atomic E-state index is 12.5. The van der Waals surface area contributed by atoms with Gasteiger partial charge in [-0.1, -0.05) is 18.2 Å². The number of carboxylic acids is 1. The second kappa shape index (κ2) is 6.55. The Morgan fingerprint density at radius 2 is 1.71 bits per heavy atom. The number of likely N-dealkylation sites (tertiary alicyclic amines) is 1. The Balaban J connectivity index is 2.15. The molecule has 114 valence electrons. The van der Waals surface area contributed by atoms with Crippen LogP contribution in [0.1, 0.15) is 6.42 Å². The summed E-state index contributed by atoms with van der Waals surface area (Å²) in [5.74, 6) is -0.995. The van der Waals surface area contributed by atoms with Gasteiger partial charge in [0.1, 0.15) is 0 Å². The normalized spacial score (nSPS) is 21.3. The largest absolute Gasteiger partial charge is 0.481 e. The first-order chi connectivity index (χ1) is 9.99. The van der Waals surface area contributed by atoms with Gasteiger partial charge in [0, 0.05) is 12.2 Å². The lowest BCUT2D eigenvalue weighted by atomic mass is 10.2. The standard InChI is InChI=1S/C14H18N2O5/c17-11-8-15(9-12(11)18)14(21)16(7-6-13(19)20)10-4-2-1-3-5-10/h1-5,11-12,17-18H,6-9H2,(H,19,20). The summed E-state index contributed by atoms with van der Waals surface area (Å²) in [6.45, 7) is 0.105. The highest BCUT2D eigenvalue weighted by molar-refractivity contribution is 5.92. The number of nitrogens with zero attached hydrogens (tertiary/aromatic N) is 2. The Morgan fingerprint density at radius 3 is 2.24 bits per heavy atom. The van der Waals surface area contributed by atoms with Crippen LogP contribution in [0, 0.1) is 0 Å². The second-order valence-electron chi connectivity index (χ2n) is 4.95. The molecular weight excluding hydrogens is 276 g/mol. The summed E-state index contributed by atoms with van der Waals surface area (Å²) in [5, 5.41) is 27.9. The number of carbonyl (C=O) groups excluding carboxylic acids is 1. The van der Waals surface area contributed by atoms with Crippen molar-refractivity contribution in [3.05, 3.63) is 30.3 Å². The van der Waals surface area contributed by atoms with E-state index in [-0.39, 0.29) is 26.1 Å². The van der Waals surface area contributed by atoms with Crippen LogP contribution in [-0.2, 0) is 4.79 Å². The summed E-state index contributed by atoms with van der Waals surface area (Å²) >= 11 is 0. The molecule has 2 rings (SSSR count). The molecule has 1 saturated heterocycles. The van der Waals surface area contributed by atoms with E-state index in [2.05, 4.69) is 0 Å². The van der Waals surface area contributed by atoms with Crippen molar-refractivity contribution in [1.82, 2.24) is 4.90 Å². The number of aliphatic hydroxyl groups is 2. The lowest BCUT2D eigenvalue weighted by Crippen LogP contribution is -2.43. The molecule has 1 aromatic carbocycles. The smallest absolute Gasteiger partial charge is 0.324 e. The van der Waals surface area contributed by atoms with Crippen LogP contribution in [0.25, 0.3) is 0 Å². The van der Waals surface area contributed by atoms with Crippen molar-refractivity contribution in [3.8, 4) is 0 Å². The van der Waals surface area contributed by atoms with E-state index in [1.54, 1.807) is 30.3 Å². The van der Waals surface area contributed by atoms with Gasteiger partial charge in [0.05, 0.1) is 31.7 Å². The predicted molar refractivity (Wildman–Crippen MR) is 75.0 cm³/mol. The molecule has 1 heterocycles. The van der Waals surface area contributed by atoms with Crippen molar-refractivity contribution in [1.29, 1.82) is 0 Å². The molecule has 1 aliphatic rings. The lowest BCUT2D eigenvalue weighted by molar-refractivity contribution is -0.136. The van der Waals surface area contributed by atoms with Gasteiger partial charge in [-0.2, -0.15) is 0 Å². The summed E-state index contributed by atoms with van der Waals surface area (Å²) in [6.07, 6.45) is -2.11. The van der Waals surface area contributed by atoms with Gasteiger partial charge in [-0.15, -0.1) is 0 Å². The molecule has 2 amide bonds. The fourth-order valence-corrected chi connectivity index (χ4v) is 2.25. The Hall–Kier alpha value is -2.12. The molecule has 7 heteroatoms. The molecule has 7 nitrogen and oxygen atoms in total. The van der Waals surface area contributed by atoms with Crippen molar-refractivity contribution in [2.75, 3.05) is 24.5 Å². The van der Waals surface area contributed by atoms with Crippen molar-refractivity contribution in [2.45, 2.75) is 18.6 Å². The van der Waals surface area contributed by atoms with Crippen molar-refractivity contribution >= 4 is 17.7 Å². The lowest BCUT2D eigenvalue weighted by Gasteiger charge is -2.27. The van der Waals surface area contributed by atoms with E-state index in [0.717, 1.165) is 0 Å². The van der Waals surface area contributed by atoms with Crippen LogP contribution >= 0.6 is 0 Å². The Morgan fingerprint density at radius 1 is 1.14 bits per heavy atom. The number of urea groups is 1. The zero-order chi connectivity index (χ0) is 15.4. The molecule has 3 N–H and O–H groups in total. The number of anilines is 1. The number of amides is 2. The van der Waals surface area contributed by atoms with Crippen molar-refractivity contribution < 1.29 is 24.9 Å². The van der Waals surface area contributed by atoms with Crippen LogP contribution in [0.15, 0.2) is 30.3 Å².